The molecule has 0 aromatic heterocycles. The van der Waals surface area contributed by atoms with Crippen molar-refractivity contribution in [2.24, 2.45) is 0 Å². The van der Waals surface area contributed by atoms with Crippen molar-refractivity contribution in [1.29, 1.82) is 0 Å². The molecule has 1 aromatic carbocycles. The molecule has 1 atom stereocenters. The maximum absolute atomic E-state index is 12.2. The lowest BCUT2D eigenvalue weighted by Gasteiger charge is -2.44. The van der Waals surface area contributed by atoms with Crippen LogP contribution in [0.5, 0.6) is 5.75 Å². The molecule has 1 aromatic rings. The number of rotatable bonds is 2. The predicted molar refractivity (Wildman–Crippen MR) is 73.6 cm³/mol. The van der Waals surface area contributed by atoms with Crippen LogP contribution in [0.25, 0.3) is 0 Å². The van der Waals surface area contributed by atoms with E-state index in [0.717, 1.165) is 37.6 Å². The second-order valence-corrected chi connectivity index (χ2v) is 5.02. The number of benzene rings is 1. The lowest BCUT2D eigenvalue weighted by Crippen LogP contribution is -2.63. The van der Waals surface area contributed by atoms with Gasteiger partial charge in [0.25, 0.3) is 0 Å². The fourth-order valence-electron chi connectivity index (χ4n) is 2.82. The normalized spacial score (nSPS) is 23.2. The fraction of sp³-hybridized carbons (Fsp3) is 0.500. The van der Waals surface area contributed by atoms with Crippen molar-refractivity contribution in [3.05, 3.63) is 24.3 Å². The van der Waals surface area contributed by atoms with Crippen LogP contribution in [-0.2, 0) is 4.79 Å². The second-order valence-electron chi connectivity index (χ2n) is 5.02. The van der Waals surface area contributed by atoms with Crippen LogP contribution in [0.3, 0.4) is 0 Å². The number of nitrogens with zero attached hydrogens (tertiary/aromatic N) is 2. The molecule has 2 fully saturated rings. The standard InChI is InChI=1S/C14H19N3O2/c1-19-13-4-2-11(3-5-13)16-9-12-8-15-6-7-17(12)14(18)10-16/h2-5,12,15H,6-10H2,1H3. The molecule has 1 N–H and O–H groups in total. The maximum atomic E-state index is 12.2. The van der Waals surface area contributed by atoms with Gasteiger partial charge in [0.2, 0.25) is 5.91 Å². The Morgan fingerprint density at radius 2 is 2.11 bits per heavy atom. The summed E-state index contributed by atoms with van der Waals surface area (Å²) < 4.78 is 5.16. The number of anilines is 1. The maximum Gasteiger partial charge on any atom is 0.242 e. The predicted octanol–water partition coefficient (Wildman–Crippen LogP) is 0.316. The highest BCUT2D eigenvalue weighted by molar-refractivity contribution is 5.83. The minimum Gasteiger partial charge on any atom is -0.497 e. The van der Waals surface area contributed by atoms with Crippen molar-refractivity contribution in [2.45, 2.75) is 6.04 Å². The third-order valence-electron chi connectivity index (χ3n) is 3.87. The zero-order valence-electron chi connectivity index (χ0n) is 11.1. The topological polar surface area (TPSA) is 44.8 Å². The van der Waals surface area contributed by atoms with Gasteiger partial charge in [-0.15, -0.1) is 0 Å². The second kappa shape index (κ2) is 5.09. The molecule has 1 amide bonds. The molecule has 5 heteroatoms. The lowest BCUT2D eigenvalue weighted by atomic mass is 10.1. The third kappa shape index (κ3) is 2.38. The summed E-state index contributed by atoms with van der Waals surface area (Å²) in [7, 11) is 1.66. The Bertz CT molecular complexity index is 460. The van der Waals surface area contributed by atoms with Gasteiger partial charge in [-0.05, 0) is 24.3 Å². The zero-order chi connectivity index (χ0) is 13.2. The fourth-order valence-corrected chi connectivity index (χ4v) is 2.82. The van der Waals surface area contributed by atoms with Crippen LogP contribution < -0.4 is 15.0 Å². The number of amides is 1. The Morgan fingerprint density at radius 1 is 1.32 bits per heavy atom. The molecule has 0 aliphatic carbocycles. The number of hydrogen-bond donors (Lipinski definition) is 1. The minimum atomic E-state index is 0.230. The molecule has 2 aliphatic heterocycles. The molecule has 0 radical (unpaired) electrons. The number of carbonyl (C=O) groups is 1. The first-order chi connectivity index (χ1) is 9.28. The van der Waals surface area contributed by atoms with E-state index in [2.05, 4.69) is 10.2 Å². The van der Waals surface area contributed by atoms with Gasteiger partial charge in [-0.1, -0.05) is 0 Å². The quantitative estimate of drug-likeness (QED) is 0.832. The van der Waals surface area contributed by atoms with Crippen LogP contribution in [0.15, 0.2) is 24.3 Å². The van der Waals surface area contributed by atoms with Crippen LogP contribution in [0.1, 0.15) is 0 Å². The van der Waals surface area contributed by atoms with Crippen molar-refractivity contribution in [2.75, 3.05) is 44.7 Å². The Hall–Kier alpha value is -1.75. The van der Waals surface area contributed by atoms with Gasteiger partial charge in [-0.25, -0.2) is 0 Å². The van der Waals surface area contributed by atoms with Gasteiger partial charge >= 0.3 is 0 Å². The number of ether oxygens (including phenoxy) is 1. The smallest absolute Gasteiger partial charge is 0.242 e. The summed E-state index contributed by atoms with van der Waals surface area (Å²) in [6.45, 7) is 4.00. The molecule has 0 saturated carbocycles. The zero-order valence-corrected chi connectivity index (χ0v) is 11.1. The molecule has 19 heavy (non-hydrogen) atoms. The molecule has 0 spiro atoms. The summed E-state index contributed by atoms with van der Waals surface area (Å²) in [5.41, 5.74) is 1.08. The van der Waals surface area contributed by atoms with E-state index < -0.39 is 0 Å². The van der Waals surface area contributed by atoms with E-state index in [1.165, 1.54) is 0 Å². The van der Waals surface area contributed by atoms with Crippen molar-refractivity contribution in [3.8, 4) is 5.75 Å². The van der Waals surface area contributed by atoms with Gasteiger partial charge in [0.15, 0.2) is 0 Å². The van der Waals surface area contributed by atoms with Crippen molar-refractivity contribution >= 4 is 11.6 Å². The van der Waals surface area contributed by atoms with Crippen molar-refractivity contribution in [1.82, 2.24) is 10.2 Å². The van der Waals surface area contributed by atoms with Crippen LogP contribution in [0.2, 0.25) is 0 Å². The molecular formula is C14H19N3O2. The summed E-state index contributed by atoms with van der Waals surface area (Å²) in [6.07, 6.45) is 0. The van der Waals surface area contributed by atoms with Crippen molar-refractivity contribution < 1.29 is 9.53 Å². The summed E-state index contributed by atoms with van der Waals surface area (Å²) >= 11 is 0. The first-order valence-electron chi connectivity index (χ1n) is 6.67. The number of carbonyl (C=O) groups excluding carboxylic acids is 1. The largest absolute Gasteiger partial charge is 0.497 e. The number of methoxy groups -OCH3 is 1. The molecule has 1 unspecified atom stereocenters. The minimum absolute atomic E-state index is 0.230. The van der Waals surface area contributed by atoms with Crippen LogP contribution >= 0.6 is 0 Å². The first kappa shape index (κ1) is 12.3. The Kier molecular flexibility index (Phi) is 3.29. The average molecular weight is 261 g/mol. The summed E-state index contributed by atoms with van der Waals surface area (Å²) in [6, 6.07) is 8.18. The van der Waals surface area contributed by atoms with Crippen LogP contribution in [0, 0.1) is 0 Å². The van der Waals surface area contributed by atoms with Crippen LogP contribution in [0.4, 0.5) is 5.69 Å². The van der Waals surface area contributed by atoms with Gasteiger partial charge in [0.1, 0.15) is 5.75 Å². The summed E-state index contributed by atoms with van der Waals surface area (Å²) in [5.74, 6) is 1.07. The molecular weight excluding hydrogens is 242 g/mol. The molecule has 2 heterocycles. The number of fused-ring (bicyclic) bond motifs is 1. The molecule has 2 saturated heterocycles. The average Bonchev–Trinajstić information content (AvgIpc) is 2.47. The molecule has 2 aliphatic rings. The highest BCUT2D eigenvalue weighted by Crippen LogP contribution is 2.23. The Labute approximate surface area is 113 Å². The molecule has 3 rings (SSSR count). The van der Waals surface area contributed by atoms with E-state index in [1.807, 2.05) is 29.2 Å². The van der Waals surface area contributed by atoms with E-state index >= 15 is 0 Å². The summed E-state index contributed by atoms with van der Waals surface area (Å²) in [5, 5.41) is 3.35. The monoisotopic (exact) mass is 261 g/mol. The van der Waals surface area contributed by atoms with Crippen molar-refractivity contribution in [3.63, 3.8) is 0 Å². The first-order valence-corrected chi connectivity index (χ1v) is 6.67. The number of hydrogen-bond acceptors (Lipinski definition) is 4. The van der Waals surface area contributed by atoms with E-state index in [4.69, 9.17) is 4.74 Å². The van der Waals surface area contributed by atoms with E-state index in [1.54, 1.807) is 7.11 Å². The number of nitrogens with one attached hydrogen (secondary N) is 1. The summed E-state index contributed by atoms with van der Waals surface area (Å²) in [4.78, 5) is 16.3. The highest BCUT2D eigenvalue weighted by atomic mass is 16.5. The Balaban J connectivity index is 1.76. The van der Waals surface area contributed by atoms with Crippen LogP contribution in [-0.4, -0.2) is 56.7 Å². The lowest BCUT2D eigenvalue weighted by molar-refractivity contribution is -0.134. The third-order valence-corrected chi connectivity index (χ3v) is 3.87. The molecule has 0 bridgehead atoms. The SMILES string of the molecule is COc1ccc(N2CC(=O)N3CCNCC3C2)cc1. The van der Waals surface area contributed by atoms with E-state index in [9.17, 15) is 4.79 Å². The molecule has 5 nitrogen and oxygen atoms in total. The molecule has 102 valence electrons. The number of piperazine rings is 2. The van der Waals surface area contributed by atoms with E-state index in [0.29, 0.717) is 6.54 Å². The van der Waals surface area contributed by atoms with E-state index in [-0.39, 0.29) is 11.9 Å². The van der Waals surface area contributed by atoms with Gasteiger partial charge in [0.05, 0.1) is 19.7 Å². The highest BCUT2D eigenvalue weighted by Gasteiger charge is 2.33. The van der Waals surface area contributed by atoms with Gasteiger partial charge < -0.3 is 19.9 Å². The van der Waals surface area contributed by atoms with Gasteiger partial charge in [-0.3, -0.25) is 4.79 Å². The van der Waals surface area contributed by atoms with Gasteiger partial charge in [-0.2, -0.15) is 0 Å². The van der Waals surface area contributed by atoms with Gasteiger partial charge in [0, 0.05) is 31.9 Å². The Morgan fingerprint density at radius 3 is 2.84 bits per heavy atom.